The molecule has 1 N–H and O–H groups in total. The van der Waals surface area contributed by atoms with E-state index >= 15 is 0 Å². The number of pyridine rings is 1. The van der Waals surface area contributed by atoms with Gasteiger partial charge in [-0.3, -0.25) is 4.79 Å². The number of amides is 1. The van der Waals surface area contributed by atoms with Gasteiger partial charge in [0.2, 0.25) is 0 Å². The first-order valence-corrected chi connectivity index (χ1v) is 9.90. The smallest absolute Gasteiger partial charge is 0.256 e. The molecule has 0 aromatic carbocycles. The number of aromatic amines is 1. The molecule has 2 aliphatic rings. The quantitative estimate of drug-likeness (QED) is 0.821. The van der Waals surface area contributed by atoms with Crippen LogP contribution in [0, 0.1) is 4.64 Å². The molecule has 0 saturated carbocycles. The number of likely N-dealkylation sites (tertiary alicyclic amines) is 1. The summed E-state index contributed by atoms with van der Waals surface area (Å²) in [5, 5.41) is 1.23. The molecule has 0 radical (unpaired) electrons. The van der Waals surface area contributed by atoms with Crippen molar-refractivity contribution in [3.05, 3.63) is 44.1 Å². The summed E-state index contributed by atoms with van der Waals surface area (Å²) in [6.07, 6.45) is 8.77. The fraction of sp³-hybridized carbons (Fsp3) is 0.500. The van der Waals surface area contributed by atoms with Crippen molar-refractivity contribution in [1.82, 2.24) is 14.9 Å². The topological polar surface area (TPSA) is 49.0 Å². The van der Waals surface area contributed by atoms with Crippen LogP contribution in [-0.2, 0) is 12.8 Å². The van der Waals surface area contributed by atoms with E-state index in [0.717, 1.165) is 32.4 Å². The van der Waals surface area contributed by atoms with E-state index in [2.05, 4.69) is 4.98 Å². The van der Waals surface area contributed by atoms with Crippen LogP contribution in [0.3, 0.4) is 0 Å². The van der Waals surface area contributed by atoms with Gasteiger partial charge in [-0.15, -0.1) is 11.3 Å². The number of H-pyrrole nitrogens is 1. The van der Waals surface area contributed by atoms with E-state index in [0.29, 0.717) is 16.1 Å². The van der Waals surface area contributed by atoms with Crippen molar-refractivity contribution in [3.8, 4) is 0 Å². The highest BCUT2D eigenvalue weighted by molar-refractivity contribution is 7.71. The third-order valence-electron chi connectivity index (χ3n) is 4.97. The Morgan fingerprint density at radius 3 is 3.04 bits per heavy atom. The van der Waals surface area contributed by atoms with Crippen LogP contribution in [0.4, 0.5) is 0 Å². The summed E-state index contributed by atoms with van der Waals surface area (Å²) >= 11 is 7.14. The predicted octanol–water partition coefficient (Wildman–Crippen LogP) is 4.10. The molecule has 1 aliphatic heterocycles. The zero-order chi connectivity index (χ0) is 16.5. The molecule has 0 spiro atoms. The lowest BCUT2D eigenvalue weighted by atomic mass is 9.98. The Kier molecular flexibility index (Phi) is 4.50. The first-order chi connectivity index (χ1) is 11.7. The second kappa shape index (κ2) is 6.76. The minimum atomic E-state index is 0.0443. The molecule has 1 aliphatic carbocycles. The number of fused-ring (bicyclic) bond motifs is 1. The molecule has 3 heterocycles. The number of rotatable bonds is 2. The van der Waals surface area contributed by atoms with E-state index in [-0.39, 0.29) is 5.91 Å². The highest BCUT2D eigenvalue weighted by Gasteiger charge is 2.29. The van der Waals surface area contributed by atoms with Crippen molar-refractivity contribution in [2.75, 3.05) is 13.1 Å². The molecule has 6 heteroatoms. The maximum Gasteiger partial charge on any atom is 0.256 e. The zero-order valence-electron chi connectivity index (χ0n) is 13.6. The van der Waals surface area contributed by atoms with Crippen molar-refractivity contribution in [2.45, 2.75) is 44.4 Å². The molecule has 1 amide bonds. The van der Waals surface area contributed by atoms with E-state index in [1.165, 1.54) is 34.8 Å². The second-order valence-corrected chi connectivity index (χ2v) is 8.16. The number of carbonyl (C=O) groups excluding carboxylic acids is 1. The SMILES string of the molecule is O=C(c1ccc[nH]c1=S)N1CCC[C@H](c2nc3c(s2)CCCC3)C1. The number of carbonyl (C=O) groups is 1. The first kappa shape index (κ1) is 16.0. The highest BCUT2D eigenvalue weighted by Crippen LogP contribution is 2.35. The number of piperidine rings is 1. The van der Waals surface area contributed by atoms with Crippen LogP contribution in [-0.4, -0.2) is 33.9 Å². The molecule has 1 saturated heterocycles. The Bertz CT molecular complexity index is 787. The van der Waals surface area contributed by atoms with Crippen LogP contribution in [0.5, 0.6) is 0 Å². The Morgan fingerprint density at radius 2 is 2.21 bits per heavy atom. The van der Waals surface area contributed by atoms with Crippen LogP contribution in [0.2, 0.25) is 0 Å². The summed E-state index contributed by atoms with van der Waals surface area (Å²) in [4.78, 5) is 24.1. The Hall–Kier alpha value is -1.53. The normalized spacial score (nSPS) is 20.7. The molecule has 1 fully saturated rings. The third-order valence-corrected chi connectivity index (χ3v) is 6.63. The second-order valence-electron chi connectivity index (χ2n) is 6.63. The van der Waals surface area contributed by atoms with Crippen LogP contribution >= 0.6 is 23.6 Å². The van der Waals surface area contributed by atoms with Gasteiger partial charge in [0, 0.05) is 30.1 Å². The number of aryl methyl sites for hydroxylation is 2. The van der Waals surface area contributed by atoms with Crippen molar-refractivity contribution in [3.63, 3.8) is 0 Å². The number of hydrogen-bond donors (Lipinski definition) is 1. The van der Waals surface area contributed by atoms with Crippen LogP contribution in [0.25, 0.3) is 0 Å². The van der Waals surface area contributed by atoms with Gasteiger partial charge >= 0.3 is 0 Å². The van der Waals surface area contributed by atoms with Gasteiger partial charge in [0.15, 0.2) is 0 Å². The zero-order valence-corrected chi connectivity index (χ0v) is 15.2. The first-order valence-electron chi connectivity index (χ1n) is 8.68. The molecular formula is C18H21N3OS2. The summed E-state index contributed by atoms with van der Waals surface area (Å²) < 4.78 is 0.523. The van der Waals surface area contributed by atoms with Gasteiger partial charge in [0.1, 0.15) is 4.64 Å². The molecule has 2 aromatic heterocycles. The Morgan fingerprint density at radius 1 is 1.33 bits per heavy atom. The van der Waals surface area contributed by atoms with Crippen molar-refractivity contribution >= 4 is 29.5 Å². The summed E-state index contributed by atoms with van der Waals surface area (Å²) in [5.74, 6) is 0.419. The van der Waals surface area contributed by atoms with Crippen molar-refractivity contribution in [2.24, 2.45) is 0 Å². The van der Waals surface area contributed by atoms with E-state index in [1.54, 1.807) is 6.20 Å². The molecule has 0 bridgehead atoms. The monoisotopic (exact) mass is 359 g/mol. The molecular weight excluding hydrogens is 338 g/mol. The minimum Gasteiger partial charge on any atom is -0.352 e. The van der Waals surface area contributed by atoms with Gasteiger partial charge in [-0.05, 0) is 50.7 Å². The molecule has 126 valence electrons. The molecule has 1 atom stereocenters. The lowest BCUT2D eigenvalue weighted by Gasteiger charge is -2.31. The van der Waals surface area contributed by atoms with Crippen LogP contribution in [0.1, 0.15) is 57.5 Å². The molecule has 4 nitrogen and oxygen atoms in total. The van der Waals surface area contributed by atoms with Crippen LogP contribution in [0.15, 0.2) is 18.3 Å². The Balaban J connectivity index is 1.53. The highest BCUT2D eigenvalue weighted by atomic mass is 32.1. The van der Waals surface area contributed by atoms with Gasteiger partial charge in [-0.25, -0.2) is 4.98 Å². The molecule has 4 rings (SSSR count). The number of nitrogens with zero attached hydrogens (tertiary/aromatic N) is 2. The maximum atomic E-state index is 12.8. The van der Waals surface area contributed by atoms with Crippen LogP contribution < -0.4 is 0 Å². The number of aromatic nitrogens is 2. The van der Waals surface area contributed by atoms with Crippen molar-refractivity contribution in [1.29, 1.82) is 0 Å². The number of nitrogens with one attached hydrogen (secondary N) is 1. The predicted molar refractivity (Wildman–Crippen MR) is 98.3 cm³/mol. The number of hydrogen-bond acceptors (Lipinski definition) is 4. The minimum absolute atomic E-state index is 0.0443. The summed E-state index contributed by atoms with van der Waals surface area (Å²) in [6, 6.07) is 3.65. The summed E-state index contributed by atoms with van der Waals surface area (Å²) in [6.45, 7) is 1.57. The van der Waals surface area contributed by atoms with Gasteiger partial charge in [-0.2, -0.15) is 0 Å². The lowest BCUT2D eigenvalue weighted by Crippen LogP contribution is -2.39. The van der Waals surface area contributed by atoms with Gasteiger partial charge < -0.3 is 9.88 Å². The maximum absolute atomic E-state index is 12.8. The van der Waals surface area contributed by atoms with E-state index in [4.69, 9.17) is 17.2 Å². The van der Waals surface area contributed by atoms with E-state index in [1.807, 2.05) is 28.4 Å². The fourth-order valence-corrected chi connectivity index (χ4v) is 5.17. The van der Waals surface area contributed by atoms with Gasteiger partial charge in [-0.1, -0.05) is 12.2 Å². The molecule has 2 aromatic rings. The molecule has 0 unspecified atom stereocenters. The van der Waals surface area contributed by atoms with Gasteiger partial charge in [0.05, 0.1) is 16.3 Å². The molecule has 24 heavy (non-hydrogen) atoms. The number of thiazole rings is 1. The van der Waals surface area contributed by atoms with Gasteiger partial charge in [0.25, 0.3) is 5.91 Å². The Labute approximate surface area is 150 Å². The van der Waals surface area contributed by atoms with Crippen molar-refractivity contribution < 1.29 is 4.79 Å². The lowest BCUT2D eigenvalue weighted by molar-refractivity contribution is 0.0706. The van der Waals surface area contributed by atoms with E-state index < -0.39 is 0 Å². The average Bonchev–Trinajstić information content (AvgIpc) is 3.06. The third kappa shape index (κ3) is 3.05. The summed E-state index contributed by atoms with van der Waals surface area (Å²) in [7, 11) is 0. The average molecular weight is 360 g/mol. The largest absolute Gasteiger partial charge is 0.352 e. The standard InChI is InChI=1S/C18H21N3OS2/c22-18(13-6-3-9-19-16(13)23)21-10-4-5-12(11-21)17-20-14-7-1-2-8-15(14)24-17/h3,6,9,12H,1-2,4-5,7-8,10-11H2,(H,19,23)/t12-/m0/s1. The van der Waals surface area contributed by atoms with E-state index in [9.17, 15) is 4.79 Å². The fourth-order valence-electron chi connectivity index (χ4n) is 3.67. The summed E-state index contributed by atoms with van der Waals surface area (Å²) in [5.41, 5.74) is 1.92.